The second kappa shape index (κ2) is 10.3. The molecule has 180 valence electrons. The maximum atomic E-state index is 13.9. The Labute approximate surface area is 198 Å². The van der Waals surface area contributed by atoms with E-state index in [4.69, 9.17) is 0 Å². The maximum absolute atomic E-state index is 13.9. The Balaban J connectivity index is 1.37. The largest absolute Gasteiger partial charge is 0.348 e. The predicted molar refractivity (Wildman–Crippen MR) is 119 cm³/mol. The molecule has 1 aliphatic rings. The molecule has 1 saturated heterocycles. The van der Waals surface area contributed by atoms with E-state index < -0.39 is 40.7 Å². The lowest BCUT2D eigenvalue weighted by atomic mass is 10.0. The molecule has 0 bridgehead atoms. The van der Waals surface area contributed by atoms with Crippen molar-refractivity contribution < 1.29 is 27.6 Å². The van der Waals surface area contributed by atoms with Crippen molar-refractivity contribution in [3.05, 3.63) is 89.1 Å². The molecule has 0 aliphatic carbocycles. The Hall–Kier alpha value is -4.28. The molecule has 8 nitrogen and oxygen atoms in total. The van der Waals surface area contributed by atoms with Gasteiger partial charge in [-0.05, 0) is 49.2 Å². The zero-order chi connectivity index (χ0) is 24.9. The lowest BCUT2D eigenvalue weighted by Gasteiger charge is -2.32. The first-order chi connectivity index (χ1) is 16.8. The van der Waals surface area contributed by atoms with Gasteiger partial charge in [0.1, 0.15) is 23.0 Å². The third-order valence-corrected chi connectivity index (χ3v) is 5.55. The number of rotatable bonds is 5. The number of amides is 3. The van der Waals surface area contributed by atoms with Crippen LogP contribution in [0.2, 0.25) is 0 Å². The van der Waals surface area contributed by atoms with Crippen LogP contribution in [0.4, 0.5) is 19.0 Å². The number of carbonyl (C=O) groups is 3. The molecule has 1 aromatic heterocycles. The molecule has 2 heterocycles. The zero-order valence-electron chi connectivity index (χ0n) is 18.3. The van der Waals surface area contributed by atoms with Crippen molar-refractivity contribution in [1.82, 2.24) is 20.2 Å². The van der Waals surface area contributed by atoms with Crippen LogP contribution in [0.25, 0.3) is 0 Å². The summed E-state index contributed by atoms with van der Waals surface area (Å²) in [7, 11) is 0. The van der Waals surface area contributed by atoms with E-state index in [9.17, 15) is 27.6 Å². The summed E-state index contributed by atoms with van der Waals surface area (Å²) in [6, 6.07) is 7.76. The number of hydrogen-bond donors (Lipinski definition) is 2. The first kappa shape index (κ1) is 23.9. The molecule has 0 spiro atoms. The number of anilines is 1. The minimum atomic E-state index is -0.928. The number of piperidine rings is 1. The van der Waals surface area contributed by atoms with E-state index in [-0.39, 0.29) is 36.2 Å². The summed E-state index contributed by atoms with van der Waals surface area (Å²) in [6.45, 7) is 0.373. The summed E-state index contributed by atoms with van der Waals surface area (Å²) >= 11 is 0. The number of hydrogen-bond acceptors (Lipinski definition) is 5. The van der Waals surface area contributed by atoms with Crippen molar-refractivity contribution in [3.63, 3.8) is 0 Å². The highest BCUT2D eigenvalue weighted by molar-refractivity contribution is 6.07. The number of benzene rings is 2. The van der Waals surface area contributed by atoms with Gasteiger partial charge in [-0.25, -0.2) is 23.1 Å². The van der Waals surface area contributed by atoms with Crippen LogP contribution in [0, 0.1) is 17.5 Å². The minimum absolute atomic E-state index is 0.0676. The number of halogens is 3. The molecule has 1 fully saturated rings. The first-order valence-corrected chi connectivity index (χ1v) is 10.8. The van der Waals surface area contributed by atoms with Crippen LogP contribution < -0.4 is 10.6 Å². The summed E-state index contributed by atoms with van der Waals surface area (Å²) in [5.74, 6) is -4.34. The van der Waals surface area contributed by atoms with Gasteiger partial charge < -0.3 is 15.5 Å². The molecule has 35 heavy (non-hydrogen) atoms. The van der Waals surface area contributed by atoms with Gasteiger partial charge in [0.15, 0.2) is 11.5 Å². The van der Waals surface area contributed by atoms with E-state index >= 15 is 0 Å². The molecule has 1 aliphatic heterocycles. The number of likely N-dealkylation sites (tertiary alicyclic amines) is 1. The molecule has 3 aromatic rings. The topological polar surface area (TPSA) is 104 Å². The van der Waals surface area contributed by atoms with Gasteiger partial charge in [-0.15, -0.1) is 0 Å². The standard InChI is InChI=1S/C24H20F3N5O3/c25-15-6-4-14(5-7-15)22(33)31-21-20(28-10-11-29-21)23(34)30-16-8-12-32(13-9-16)24(35)19-17(26)2-1-3-18(19)27/h1-7,10-11,16H,8-9,12-13H2,(H,30,34)(H,29,31,33). The summed E-state index contributed by atoms with van der Waals surface area (Å²) < 4.78 is 41.0. The number of aromatic nitrogens is 2. The number of carbonyl (C=O) groups excluding carboxylic acids is 3. The molecule has 2 aromatic carbocycles. The van der Waals surface area contributed by atoms with Crippen molar-refractivity contribution >= 4 is 23.5 Å². The third-order valence-electron chi connectivity index (χ3n) is 5.55. The average Bonchev–Trinajstić information content (AvgIpc) is 2.85. The predicted octanol–water partition coefficient (Wildman–Crippen LogP) is 3.18. The van der Waals surface area contributed by atoms with Crippen LogP contribution in [0.1, 0.15) is 44.0 Å². The fourth-order valence-corrected chi connectivity index (χ4v) is 3.72. The minimum Gasteiger partial charge on any atom is -0.348 e. The molecule has 0 unspecified atom stereocenters. The molecule has 0 radical (unpaired) electrons. The summed E-state index contributed by atoms with van der Waals surface area (Å²) in [6.07, 6.45) is 3.31. The second-order valence-corrected chi connectivity index (χ2v) is 7.85. The average molecular weight is 483 g/mol. The quantitative estimate of drug-likeness (QED) is 0.580. The molecular formula is C24H20F3N5O3. The lowest BCUT2D eigenvalue weighted by molar-refractivity contribution is 0.0688. The molecular weight excluding hydrogens is 463 g/mol. The van der Waals surface area contributed by atoms with Crippen LogP contribution in [-0.2, 0) is 0 Å². The monoisotopic (exact) mass is 483 g/mol. The van der Waals surface area contributed by atoms with Gasteiger partial charge in [0, 0.05) is 37.1 Å². The number of nitrogens with zero attached hydrogens (tertiary/aromatic N) is 3. The van der Waals surface area contributed by atoms with E-state index in [1.54, 1.807) is 0 Å². The van der Waals surface area contributed by atoms with Gasteiger partial charge in [0.2, 0.25) is 0 Å². The summed E-state index contributed by atoms with van der Waals surface area (Å²) in [5.41, 5.74) is -0.544. The van der Waals surface area contributed by atoms with E-state index in [0.29, 0.717) is 12.8 Å². The van der Waals surface area contributed by atoms with E-state index in [1.807, 2.05) is 0 Å². The van der Waals surface area contributed by atoms with Crippen molar-refractivity contribution in [2.45, 2.75) is 18.9 Å². The molecule has 0 atom stereocenters. The van der Waals surface area contributed by atoms with Gasteiger partial charge >= 0.3 is 0 Å². The highest BCUT2D eigenvalue weighted by Gasteiger charge is 2.29. The van der Waals surface area contributed by atoms with Gasteiger partial charge in [-0.2, -0.15) is 0 Å². The molecule has 0 saturated carbocycles. The van der Waals surface area contributed by atoms with Gasteiger partial charge in [0.25, 0.3) is 17.7 Å². The van der Waals surface area contributed by atoms with Crippen LogP contribution in [0.5, 0.6) is 0 Å². The normalized spacial score (nSPS) is 13.9. The molecule has 2 N–H and O–H groups in total. The van der Waals surface area contributed by atoms with E-state index in [2.05, 4.69) is 20.6 Å². The number of nitrogens with one attached hydrogen (secondary N) is 2. The zero-order valence-corrected chi connectivity index (χ0v) is 18.3. The Morgan fingerprint density at radius 3 is 2.14 bits per heavy atom. The summed E-state index contributed by atoms with van der Waals surface area (Å²) in [5, 5.41) is 5.29. The molecule has 4 rings (SSSR count). The smallest absolute Gasteiger partial charge is 0.273 e. The highest BCUT2D eigenvalue weighted by Crippen LogP contribution is 2.19. The van der Waals surface area contributed by atoms with Gasteiger partial charge in [0.05, 0.1) is 0 Å². The van der Waals surface area contributed by atoms with E-state index in [0.717, 1.165) is 24.3 Å². The Morgan fingerprint density at radius 2 is 1.49 bits per heavy atom. The van der Waals surface area contributed by atoms with Crippen LogP contribution in [-0.4, -0.2) is 51.7 Å². The van der Waals surface area contributed by atoms with E-state index in [1.165, 1.54) is 35.5 Å². The van der Waals surface area contributed by atoms with Crippen LogP contribution >= 0.6 is 0 Å². The Kier molecular flexibility index (Phi) is 7.04. The lowest BCUT2D eigenvalue weighted by Crippen LogP contribution is -2.47. The first-order valence-electron chi connectivity index (χ1n) is 10.8. The van der Waals surface area contributed by atoms with Gasteiger partial charge in [-0.3, -0.25) is 14.4 Å². The SMILES string of the molecule is O=C(Nc1nccnc1C(=O)NC1CCN(C(=O)c2c(F)cccc2F)CC1)c1ccc(F)cc1. The highest BCUT2D eigenvalue weighted by atomic mass is 19.1. The van der Waals surface area contributed by atoms with Crippen molar-refractivity contribution in [1.29, 1.82) is 0 Å². The van der Waals surface area contributed by atoms with Gasteiger partial charge in [-0.1, -0.05) is 6.07 Å². The molecule has 11 heteroatoms. The fourth-order valence-electron chi connectivity index (χ4n) is 3.72. The maximum Gasteiger partial charge on any atom is 0.273 e. The van der Waals surface area contributed by atoms with Crippen LogP contribution in [0.3, 0.4) is 0 Å². The van der Waals surface area contributed by atoms with Crippen molar-refractivity contribution in [3.8, 4) is 0 Å². The van der Waals surface area contributed by atoms with Crippen molar-refractivity contribution in [2.24, 2.45) is 0 Å². The summed E-state index contributed by atoms with van der Waals surface area (Å²) in [4.78, 5) is 47.2. The Bertz CT molecular complexity index is 1240. The van der Waals surface area contributed by atoms with Crippen LogP contribution in [0.15, 0.2) is 54.9 Å². The van der Waals surface area contributed by atoms with Crippen molar-refractivity contribution in [2.75, 3.05) is 18.4 Å². The Morgan fingerprint density at radius 1 is 0.857 bits per heavy atom. The fraction of sp³-hybridized carbons (Fsp3) is 0.208. The third kappa shape index (κ3) is 5.45. The molecule has 3 amide bonds. The second-order valence-electron chi connectivity index (χ2n) is 7.85.